The lowest BCUT2D eigenvalue weighted by atomic mass is 9.91. The molecule has 1 rings (SSSR count). The minimum absolute atomic E-state index is 0.212. The van der Waals surface area contributed by atoms with Crippen LogP contribution in [0.1, 0.15) is 19.3 Å². The lowest BCUT2D eigenvalue weighted by Crippen LogP contribution is -2.40. The van der Waals surface area contributed by atoms with Gasteiger partial charge in [-0.2, -0.15) is 0 Å². The fraction of sp³-hybridized carbons (Fsp3) is 0.889. The van der Waals surface area contributed by atoms with Gasteiger partial charge >= 0.3 is 5.97 Å². The smallest absolute Gasteiger partial charge is 0.320 e. The third-order valence-electron chi connectivity index (χ3n) is 2.95. The molecule has 94 valence electrons. The molecule has 0 spiro atoms. The maximum Gasteiger partial charge on any atom is 0.320 e. The van der Waals surface area contributed by atoms with Crippen LogP contribution in [0, 0.1) is 5.92 Å². The van der Waals surface area contributed by atoms with Crippen molar-refractivity contribution in [1.82, 2.24) is 4.31 Å². The molecule has 7 heteroatoms. The summed E-state index contributed by atoms with van der Waals surface area (Å²) in [4.78, 5) is 10.6. The quantitative estimate of drug-likeness (QED) is 0.698. The second-order valence-corrected chi connectivity index (χ2v) is 6.27. The Hall–Kier alpha value is -0.660. The maximum atomic E-state index is 11.2. The molecule has 1 aliphatic rings. The average molecular weight is 250 g/mol. The summed E-state index contributed by atoms with van der Waals surface area (Å²) in [6.07, 6.45) is 2.99. The van der Waals surface area contributed by atoms with Crippen molar-refractivity contribution < 1.29 is 18.3 Å². The molecule has 0 aromatic rings. The predicted molar refractivity (Wildman–Crippen MR) is 59.4 cm³/mol. The number of nitrogens with zero attached hydrogens (tertiary/aromatic N) is 1. The van der Waals surface area contributed by atoms with Gasteiger partial charge in [-0.05, 0) is 25.2 Å². The van der Waals surface area contributed by atoms with E-state index in [1.54, 1.807) is 0 Å². The van der Waals surface area contributed by atoms with Crippen LogP contribution in [0.15, 0.2) is 0 Å². The predicted octanol–water partition coefficient (Wildman–Crippen LogP) is -0.540. The fourth-order valence-electron chi connectivity index (χ4n) is 1.94. The van der Waals surface area contributed by atoms with Gasteiger partial charge in [0, 0.05) is 13.1 Å². The van der Waals surface area contributed by atoms with E-state index >= 15 is 0 Å². The summed E-state index contributed by atoms with van der Waals surface area (Å²) in [5.74, 6) is -0.783. The van der Waals surface area contributed by atoms with Crippen molar-refractivity contribution >= 4 is 16.0 Å². The highest BCUT2D eigenvalue weighted by molar-refractivity contribution is 7.88. The first-order valence-corrected chi connectivity index (χ1v) is 7.09. The van der Waals surface area contributed by atoms with E-state index in [2.05, 4.69) is 0 Å². The number of nitrogens with two attached hydrogens (primary N) is 1. The van der Waals surface area contributed by atoms with Crippen LogP contribution in [0.5, 0.6) is 0 Å². The second kappa shape index (κ2) is 5.11. The van der Waals surface area contributed by atoms with Gasteiger partial charge in [0.05, 0.1) is 6.26 Å². The van der Waals surface area contributed by atoms with E-state index < -0.39 is 22.0 Å². The second-order valence-electron chi connectivity index (χ2n) is 4.29. The highest BCUT2D eigenvalue weighted by Gasteiger charge is 2.27. The van der Waals surface area contributed by atoms with Crippen molar-refractivity contribution in [3.8, 4) is 0 Å². The first kappa shape index (κ1) is 13.4. The Morgan fingerprint density at radius 1 is 1.50 bits per heavy atom. The summed E-state index contributed by atoms with van der Waals surface area (Å²) < 4.78 is 23.9. The number of hydrogen-bond acceptors (Lipinski definition) is 4. The van der Waals surface area contributed by atoms with Crippen molar-refractivity contribution in [3.05, 3.63) is 0 Å². The summed E-state index contributed by atoms with van der Waals surface area (Å²) in [6.45, 7) is 0.936. The van der Waals surface area contributed by atoms with Crippen LogP contribution in [0.4, 0.5) is 0 Å². The molecule has 0 bridgehead atoms. The molecule has 16 heavy (non-hydrogen) atoms. The normalized spacial score (nSPS) is 21.9. The van der Waals surface area contributed by atoms with Crippen molar-refractivity contribution in [2.45, 2.75) is 25.3 Å². The minimum atomic E-state index is -3.11. The highest BCUT2D eigenvalue weighted by Crippen LogP contribution is 2.22. The first-order valence-electron chi connectivity index (χ1n) is 5.24. The number of piperidine rings is 1. The number of aliphatic carboxylic acids is 1. The monoisotopic (exact) mass is 250 g/mol. The third-order valence-corrected chi connectivity index (χ3v) is 4.25. The topological polar surface area (TPSA) is 101 Å². The molecule has 1 heterocycles. The number of sulfonamides is 1. The van der Waals surface area contributed by atoms with E-state index in [1.807, 2.05) is 0 Å². The van der Waals surface area contributed by atoms with Crippen LogP contribution < -0.4 is 5.73 Å². The van der Waals surface area contributed by atoms with Crippen LogP contribution in [-0.4, -0.2) is 49.2 Å². The van der Waals surface area contributed by atoms with Gasteiger partial charge < -0.3 is 10.8 Å². The van der Waals surface area contributed by atoms with E-state index in [-0.39, 0.29) is 5.92 Å². The lowest BCUT2D eigenvalue weighted by molar-refractivity contribution is -0.139. The zero-order valence-corrected chi connectivity index (χ0v) is 10.1. The third kappa shape index (κ3) is 3.73. The Morgan fingerprint density at radius 3 is 2.38 bits per heavy atom. The van der Waals surface area contributed by atoms with E-state index in [0.29, 0.717) is 32.4 Å². The molecular weight excluding hydrogens is 232 g/mol. The molecule has 0 unspecified atom stereocenters. The highest BCUT2D eigenvalue weighted by atomic mass is 32.2. The van der Waals surface area contributed by atoms with Crippen LogP contribution >= 0.6 is 0 Å². The molecule has 3 N–H and O–H groups in total. The Kier molecular flexibility index (Phi) is 4.28. The summed E-state index contributed by atoms with van der Waals surface area (Å²) in [6, 6.07) is -0.838. The van der Waals surface area contributed by atoms with Gasteiger partial charge in [-0.15, -0.1) is 0 Å². The number of rotatable bonds is 4. The number of carboxylic acid groups (broad SMARTS) is 1. The van der Waals surface area contributed by atoms with Crippen molar-refractivity contribution in [1.29, 1.82) is 0 Å². The molecule has 0 amide bonds. The van der Waals surface area contributed by atoms with Gasteiger partial charge in [-0.3, -0.25) is 4.79 Å². The van der Waals surface area contributed by atoms with Gasteiger partial charge in [0.1, 0.15) is 6.04 Å². The Balaban J connectivity index is 2.41. The summed E-state index contributed by atoms with van der Waals surface area (Å²) in [5, 5.41) is 8.66. The van der Waals surface area contributed by atoms with Gasteiger partial charge in [-0.25, -0.2) is 12.7 Å². The zero-order valence-electron chi connectivity index (χ0n) is 9.30. The first-order chi connectivity index (χ1) is 7.30. The van der Waals surface area contributed by atoms with Crippen LogP contribution in [-0.2, 0) is 14.8 Å². The fourth-order valence-corrected chi connectivity index (χ4v) is 2.81. The number of carboxylic acids is 1. The van der Waals surface area contributed by atoms with E-state index in [1.165, 1.54) is 10.6 Å². The zero-order chi connectivity index (χ0) is 12.3. The Morgan fingerprint density at radius 2 is 2.00 bits per heavy atom. The molecule has 0 aromatic carbocycles. The SMILES string of the molecule is CS(=O)(=O)N1CCC(C[C@H](N)C(=O)O)CC1. The minimum Gasteiger partial charge on any atom is -0.480 e. The molecule has 1 aliphatic heterocycles. The van der Waals surface area contributed by atoms with Crippen molar-refractivity contribution in [2.75, 3.05) is 19.3 Å². The van der Waals surface area contributed by atoms with Crippen LogP contribution in [0.3, 0.4) is 0 Å². The average Bonchev–Trinajstić information content (AvgIpc) is 2.17. The lowest BCUT2D eigenvalue weighted by Gasteiger charge is -2.30. The number of carbonyl (C=O) groups is 1. The molecule has 0 aromatic heterocycles. The molecule has 1 atom stereocenters. The summed E-state index contributed by atoms with van der Waals surface area (Å²) in [7, 11) is -3.11. The number of hydrogen-bond donors (Lipinski definition) is 2. The molecule has 6 nitrogen and oxygen atoms in total. The van der Waals surface area contributed by atoms with E-state index in [4.69, 9.17) is 10.8 Å². The van der Waals surface area contributed by atoms with Crippen molar-refractivity contribution in [3.63, 3.8) is 0 Å². The Bertz CT molecular complexity index is 347. The van der Waals surface area contributed by atoms with E-state index in [0.717, 1.165) is 0 Å². The van der Waals surface area contributed by atoms with Crippen LogP contribution in [0.2, 0.25) is 0 Å². The molecular formula is C9H18N2O4S. The van der Waals surface area contributed by atoms with E-state index in [9.17, 15) is 13.2 Å². The maximum absolute atomic E-state index is 11.2. The Labute approximate surface area is 95.5 Å². The van der Waals surface area contributed by atoms with Gasteiger partial charge in [0.15, 0.2) is 0 Å². The molecule has 1 fully saturated rings. The van der Waals surface area contributed by atoms with Crippen molar-refractivity contribution in [2.24, 2.45) is 11.7 Å². The standard InChI is InChI=1S/C9H18N2O4S/c1-16(14,15)11-4-2-7(3-5-11)6-8(10)9(12)13/h7-8H,2-6,10H2,1H3,(H,12,13)/t8-/m0/s1. The van der Waals surface area contributed by atoms with Gasteiger partial charge in [-0.1, -0.05) is 0 Å². The van der Waals surface area contributed by atoms with Gasteiger partial charge in [0.2, 0.25) is 10.0 Å². The largest absolute Gasteiger partial charge is 0.480 e. The summed E-state index contributed by atoms with van der Waals surface area (Å²) in [5.41, 5.74) is 5.44. The molecule has 0 saturated carbocycles. The van der Waals surface area contributed by atoms with Crippen LogP contribution in [0.25, 0.3) is 0 Å². The molecule has 0 radical (unpaired) electrons. The summed E-state index contributed by atoms with van der Waals surface area (Å²) >= 11 is 0. The molecule has 1 saturated heterocycles. The molecule has 0 aliphatic carbocycles. The van der Waals surface area contributed by atoms with Gasteiger partial charge in [0.25, 0.3) is 0 Å².